The Morgan fingerprint density at radius 2 is 1.63 bits per heavy atom. The fourth-order valence-corrected chi connectivity index (χ4v) is 4.30. The molecule has 0 radical (unpaired) electrons. The average molecular weight is 479 g/mol. The molecule has 4 aromatic rings. The molecule has 1 aliphatic heterocycles. The van der Waals surface area contributed by atoms with E-state index < -0.39 is 0 Å². The molecular weight excluding hydrogens is 462 g/mol. The monoisotopic (exact) mass is 477 g/mol. The lowest BCUT2D eigenvalue weighted by atomic mass is 9.95. The van der Waals surface area contributed by atoms with Crippen molar-refractivity contribution >= 4 is 39.1 Å². The summed E-state index contributed by atoms with van der Waals surface area (Å²) in [5.41, 5.74) is 6.14. The Labute approximate surface area is 187 Å². The molecule has 0 saturated heterocycles. The van der Waals surface area contributed by atoms with E-state index in [9.17, 15) is 4.79 Å². The van der Waals surface area contributed by atoms with Crippen LogP contribution < -0.4 is 4.90 Å². The fraction of sp³-hybridized carbons (Fsp3) is 0.0833. The fourth-order valence-electron chi connectivity index (χ4n) is 3.91. The quantitative estimate of drug-likeness (QED) is 0.363. The van der Waals surface area contributed by atoms with Gasteiger partial charge in [0.25, 0.3) is 5.91 Å². The predicted octanol–water partition coefficient (Wildman–Crippen LogP) is 6.55. The van der Waals surface area contributed by atoms with E-state index in [-0.39, 0.29) is 11.9 Å². The third-order valence-corrected chi connectivity index (χ3v) is 6.16. The van der Waals surface area contributed by atoms with Gasteiger partial charge in [-0.05, 0) is 48.9 Å². The van der Waals surface area contributed by atoms with Crippen LogP contribution in [0.1, 0.15) is 33.2 Å². The topological polar surface area (TPSA) is 49.0 Å². The highest BCUT2D eigenvalue weighted by atomic mass is 79.9. The van der Waals surface area contributed by atoms with Gasteiger partial charge in [-0.3, -0.25) is 14.8 Å². The second kappa shape index (κ2) is 7.42. The molecule has 30 heavy (non-hydrogen) atoms. The van der Waals surface area contributed by atoms with E-state index in [1.807, 2.05) is 41.3 Å². The van der Waals surface area contributed by atoms with Crippen LogP contribution in [0.3, 0.4) is 0 Å². The summed E-state index contributed by atoms with van der Waals surface area (Å²) in [5.74, 6) is -0.103. The van der Waals surface area contributed by atoms with E-state index in [0.717, 1.165) is 32.5 Å². The van der Waals surface area contributed by atoms with Crippen molar-refractivity contribution < 1.29 is 4.79 Å². The van der Waals surface area contributed by atoms with E-state index in [1.165, 1.54) is 5.56 Å². The predicted molar refractivity (Wildman–Crippen MR) is 123 cm³/mol. The first-order valence-electron chi connectivity index (χ1n) is 9.53. The van der Waals surface area contributed by atoms with Gasteiger partial charge in [0.05, 0.1) is 11.7 Å². The third-order valence-electron chi connectivity index (χ3n) is 5.38. The van der Waals surface area contributed by atoms with Crippen LogP contribution in [0.2, 0.25) is 5.02 Å². The van der Waals surface area contributed by atoms with Crippen molar-refractivity contribution in [2.75, 3.05) is 4.90 Å². The van der Waals surface area contributed by atoms with Crippen LogP contribution >= 0.6 is 27.5 Å². The lowest BCUT2D eigenvalue weighted by Gasteiger charge is -2.26. The van der Waals surface area contributed by atoms with E-state index in [2.05, 4.69) is 57.3 Å². The van der Waals surface area contributed by atoms with Crippen molar-refractivity contribution in [3.05, 3.63) is 105 Å². The van der Waals surface area contributed by atoms with Crippen LogP contribution in [0, 0.1) is 6.92 Å². The molecule has 0 unspecified atom stereocenters. The highest BCUT2D eigenvalue weighted by molar-refractivity contribution is 9.10. The molecule has 0 fully saturated rings. The zero-order valence-corrected chi connectivity index (χ0v) is 18.4. The number of hydrogen-bond acceptors (Lipinski definition) is 2. The van der Waals surface area contributed by atoms with Crippen LogP contribution in [0.15, 0.2) is 77.3 Å². The molecule has 1 aromatic heterocycles. The standard InChI is InChI=1S/C24H17BrClN3O/c1-14-2-4-16(5-3-14)23-20-21(15-6-8-17(25)9-7-15)27-28-22(20)24(30)29(23)19-12-10-18(26)11-13-19/h2-13,23H,1H3,(H,27,28)/t23-/m0/s1. The Kier molecular flexibility index (Phi) is 4.72. The van der Waals surface area contributed by atoms with E-state index in [4.69, 9.17) is 11.6 Å². The summed E-state index contributed by atoms with van der Waals surface area (Å²) in [4.78, 5) is 15.3. The zero-order valence-electron chi connectivity index (χ0n) is 16.1. The number of nitrogens with zero attached hydrogens (tertiary/aromatic N) is 2. The van der Waals surface area contributed by atoms with Crippen LogP contribution in [-0.4, -0.2) is 16.1 Å². The van der Waals surface area contributed by atoms with Gasteiger partial charge in [0, 0.05) is 26.3 Å². The number of benzene rings is 3. The second-order valence-corrected chi connectivity index (χ2v) is 8.68. The van der Waals surface area contributed by atoms with Crippen molar-refractivity contribution in [1.29, 1.82) is 0 Å². The molecule has 6 heteroatoms. The van der Waals surface area contributed by atoms with Crippen LogP contribution in [0.25, 0.3) is 11.3 Å². The van der Waals surface area contributed by atoms with Crippen LogP contribution in [0.5, 0.6) is 0 Å². The van der Waals surface area contributed by atoms with Crippen molar-refractivity contribution in [3.63, 3.8) is 0 Å². The smallest absolute Gasteiger partial charge is 0.277 e. The van der Waals surface area contributed by atoms with Gasteiger partial charge in [-0.1, -0.05) is 69.5 Å². The molecule has 0 spiro atoms. The molecule has 4 nitrogen and oxygen atoms in total. The summed E-state index contributed by atoms with van der Waals surface area (Å²) in [6.07, 6.45) is 0. The molecule has 3 aromatic carbocycles. The maximum absolute atomic E-state index is 13.4. The van der Waals surface area contributed by atoms with Crippen molar-refractivity contribution in [2.24, 2.45) is 0 Å². The van der Waals surface area contributed by atoms with Gasteiger partial charge >= 0.3 is 0 Å². The summed E-state index contributed by atoms with van der Waals surface area (Å²) < 4.78 is 0.993. The molecule has 2 heterocycles. The van der Waals surface area contributed by atoms with Gasteiger partial charge in [-0.15, -0.1) is 0 Å². The van der Waals surface area contributed by atoms with Crippen LogP contribution in [0.4, 0.5) is 5.69 Å². The summed E-state index contributed by atoms with van der Waals surface area (Å²) in [6.45, 7) is 2.05. The van der Waals surface area contributed by atoms with Crippen molar-refractivity contribution in [1.82, 2.24) is 10.2 Å². The number of aromatic amines is 1. The Hall–Kier alpha value is -2.89. The summed E-state index contributed by atoms with van der Waals surface area (Å²) >= 11 is 9.57. The number of H-pyrrole nitrogens is 1. The van der Waals surface area contributed by atoms with Gasteiger partial charge in [0.2, 0.25) is 0 Å². The Bertz CT molecular complexity index is 1230. The zero-order chi connectivity index (χ0) is 20.8. The Morgan fingerprint density at radius 3 is 2.30 bits per heavy atom. The summed E-state index contributed by atoms with van der Waals surface area (Å²) in [7, 11) is 0. The van der Waals surface area contributed by atoms with Gasteiger partial charge in [-0.2, -0.15) is 5.10 Å². The number of carbonyl (C=O) groups is 1. The van der Waals surface area contributed by atoms with Crippen molar-refractivity contribution in [2.45, 2.75) is 13.0 Å². The Balaban J connectivity index is 1.71. The van der Waals surface area contributed by atoms with Gasteiger partial charge < -0.3 is 0 Å². The van der Waals surface area contributed by atoms with E-state index >= 15 is 0 Å². The number of amides is 1. The Morgan fingerprint density at radius 1 is 0.967 bits per heavy atom. The lowest BCUT2D eigenvalue weighted by Crippen LogP contribution is -2.29. The number of anilines is 1. The third kappa shape index (κ3) is 3.15. The highest BCUT2D eigenvalue weighted by Gasteiger charge is 2.43. The molecule has 148 valence electrons. The normalized spacial score (nSPS) is 15.5. The summed E-state index contributed by atoms with van der Waals surface area (Å²) in [6, 6.07) is 23.3. The minimum atomic E-state index is -0.285. The first kappa shape index (κ1) is 19.1. The van der Waals surface area contributed by atoms with Crippen molar-refractivity contribution in [3.8, 4) is 11.3 Å². The number of hydrogen-bond donors (Lipinski definition) is 1. The molecular formula is C24H17BrClN3O. The number of fused-ring (bicyclic) bond motifs is 1. The molecule has 0 saturated carbocycles. The maximum Gasteiger partial charge on any atom is 0.277 e. The first-order valence-corrected chi connectivity index (χ1v) is 10.7. The van der Waals surface area contributed by atoms with Crippen LogP contribution in [-0.2, 0) is 0 Å². The number of aryl methyl sites for hydroxylation is 1. The van der Waals surface area contributed by atoms with Gasteiger partial charge in [0.1, 0.15) is 5.69 Å². The molecule has 1 aliphatic rings. The number of aromatic nitrogens is 2. The van der Waals surface area contributed by atoms with E-state index in [1.54, 1.807) is 12.1 Å². The molecule has 1 N–H and O–H groups in total. The van der Waals surface area contributed by atoms with Gasteiger partial charge in [-0.25, -0.2) is 0 Å². The highest BCUT2D eigenvalue weighted by Crippen LogP contribution is 2.45. The maximum atomic E-state index is 13.4. The molecule has 0 bridgehead atoms. The summed E-state index contributed by atoms with van der Waals surface area (Å²) in [5, 5.41) is 8.14. The largest absolute Gasteiger partial charge is 0.295 e. The SMILES string of the molecule is Cc1ccc([C@H]2c3c(-c4ccc(Br)cc4)n[nH]c3C(=O)N2c2ccc(Cl)cc2)cc1. The van der Waals surface area contributed by atoms with Gasteiger partial charge in [0.15, 0.2) is 0 Å². The average Bonchev–Trinajstić information content (AvgIpc) is 3.29. The minimum Gasteiger partial charge on any atom is -0.295 e. The second-order valence-electron chi connectivity index (χ2n) is 7.33. The number of rotatable bonds is 3. The van der Waals surface area contributed by atoms with E-state index in [0.29, 0.717) is 10.7 Å². The number of nitrogens with one attached hydrogen (secondary N) is 1. The molecule has 1 amide bonds. The lowest BCUT2D eigenvalue weighted by molar-refractivity contribution is 0.0989. The number of carbonyl (C=O) groups excluding carboxylic acids is 1. The minimum absolute atomic E-state index is 0.103. The number of halogens is 2. The molecule has 0 aliphatic carbocycles. The molecule has 1 atom stereocenters. The molecule has 5 rings (SSSR count). The first-order chi connectivity index (χ1) is 14.5.